The lowest BCUT2D eigenvalue weighted by atomic mass is 10.0. The maximum Gasteiger partial charge on any atom is 0.470 e. The van der Waals surface area contributed by atoms with E-state index in [2.05, 4.69) is 6.92 Å². The summed E-state index contributed by atoms with van der Waals surface area (Å²) in [6, 6.07) is 9.37. The van der Waals surface area contributed by atoms with Gasteiger partial charge in [0.1, 0.15) is 0 Å². The summed E-state index contributed by atoms with van der Waals surface area (Å²) >= 11 is 0. The summed E-state index contributed by atoms with van der Waals surface area (Å²) in [7, 11) is -4.48. The first-order valence-corrected chi connectivity index (χ1v) is 12.8. The number of phosphoric ester groups is 1. The van der Waals surface area contributed by atoms with Crippen molar-refractivity contribution < 1.29 is 18.9 Å². The molecule has 0 aliphatic rings. The summed E-state index contributed by atoms with van der Waals surface area (Å²) in [6.07, 6.45) is 18.3. The topological polar surface area (TPSA) is 66.8 Å². The third-order valence-corrected chi connectivity index (χ3v) is 5.78. The van der Waals surface area contributed by atoms with Crippen LogP contribution in [0.1, 0.15) is 115 Å². The molecule has 0 aliphatic heterocycles. The average Bonchev–Trinajstić information content (AvgIpc) is 2.67. The van der Waals surface area contributed by atoms with Crippen molar-refractivity contribution in [3.8, 4) is 0 Å². The molecule has 28 heavy (non-hydrogen) atoms. The highest BCUT2D eigenvalue weighted by molar-refractivity contribution is 7.46. The molecule has 0 aromatic heterocycles. The Labute approximate surface area is 172 Å². The molecule has 0 amide bonds. The van der Waals surface area contributed by atoms with Gasteiger partial charge in [0, 0.05) is 0 Å². The maximum atomic E-state index is 11.2. The fraction of sp³-hybridized carbons (Fsp3) is 0.739. The second kappa shape index (κ2) is 16.2. The Morgan fingerprint density at radius 1 is 0.750 bits per heavy atom. The standard InChI is InChI=1S/C23H41O4P/c1-2-3-4-5-6-7-8-9-10-11-12-13-14-18-21-23(27-28(24,25)26)22-19-16-15-17-20-22/h15-17,19-20,23H,2-14,18,21H2,1H3,(H2,24,25,26). The molecule has 0 fully saturated rings. The summed E-state index contributed by atoms with van der Waals surface area (Å²) in [4.78, 5) is 18.3. The van der Waals surface area contributed by atoms with Gasteiger partial charge < -0.3 is 9.79 Å². The van der Waals surface area contributed by atoms with Crippen LogP contribution in [0.4, 0.5) is 0 Å². The fourth-order valence-electron chi connectivity index (χ4n) is 3.64. The molecule has 1 unspecified atom stereocenters. The SMILES string of the molecule is CCCCCCCCCCCCCCCCC(OP(=O)(O)O)c1ccccc1. The third-order valence-electron chi connectivity index (χ3n) is 5.26. The molecule has 1 rings (SSSR count). The van der Waals surface area contributed by atoms with Crippen LogP contribution in [0.5, 0.6) is 0 Å². The van der Waals surface area contributed by atoms with E-state index >= 15 is 0 Å². The van der Waals surface area contributed by atoms with Gasteiger partial charge in [0.05, 0.1) is 6.10 Å². The average molecular weight is 413 g/mol. The van der Waals surface area contributed by atoms with Crippen LogP contribution >= 0.6 is 7.82 Å². The molecule has 0 heterocycles. The van der Waals surface area contributed by atoms with Crippen molar-refractivity contribution in [2.24, 2.45) is 0 Å². The highest BCUT2D eigenvalue weighted by Crippen LogP contribution is 2.44. The Bertz CT molecular complexity index is 515. The number of hydrogen-bond donors (Lipinski definition) is 2. The first-order chi connectivity index (χ1) is 13.5. The summed E-state index contributed by atoms with van der Waals surface area (Å²) in [5.74, 6) is 0. The molecule has 4 nitrogen and oxygen atoms in total. The van der Waals surface area contributed by atoms with Gasteiger partial charge in [-0.3, -0.25) is 4.52 Å². The van der Waals surface area contributed by atoms with Gasteiger partial charge in [-0.25, -0.2) is 4.57 Å². The van der Waals surface area contributed by atoms with Crippen LogP contribution in [0, 0.1) is 0 Å². The molecule has 1 aromatic carbocycles. The van der Waals surface area contributed by atoms with Gasteiger partial charge in [-0.15, -0.1) is 0 Å². The lowest BCUT2D eigenvalue weighted by Gasteiger charge is -2.18. The lowest BCUT2D eigenvalue weighted by Crippen LogP contribution is -2.03. The van der Waals surface area contributed by atoms with E-state index in [0.29, 0.717) is 6.42 Å². The van der Waals surface area contributed by atoms with Crippen molar-refractivity contribution in [3.05, 3.63) is 35.9 Å². The smallest absolute Gasteiger partial charge is 0.303 e. The van der Waals surface area contributed by atoms with Crippen LogP contribution < -0.4 is 0 Å². The summed E-state index contributed by atoms with van der Waals surface area (Å²) < 4.78 is 16.2. The van der Waals surface area contributed by atoms with E-state index in [9.17, 15) is 4.57 Å². The van der Waals surface area contributed by atoms with Crippen LogP contribution in [0.2, 0.25) is 0 Å². The molecule has 0 radical (unpaired) electrons. The first kappa shape index (κ1) is 25.4. The quantitative estimate of drug-likeness (QED) is 0.191. The Hall–Kier alpha value is -0.670. The van der Waals surface area contributed by atoms with E-state index < -0.39 is 13.9 Å². The first-order valence-electron chi connectivity index (χ1n) is 11.3. The third kappa shape index (κ3) is 14.3. The van der Waals surface area contributed by atoms with Gasteiger partial charge in [-0.1, -0.05) is 127 Å². The summed E-state index contributed by atoms with van der Waals surface area (Å²) in [6.45, 7) is 2.26. The molecule has 5 heteroatoms. The zero-order valence-electron chi connectivity index (χ0n) is 17.7. The van der Waals surface area contributed by atoms with E-state index in [1.54, 1.807) is 0 Å². The zero-order valence-corrected chi connectivity index (χ0v) is 18.6. The van der Waals surface area contributed by atoms with Gasteiger partial charge >= 0.3 is 7.82 Å². The molecule has 0 spiro atoms. The molecule has 1 aromatic rings. The molecule has 1 atom stereocenters. The van der Waals surface area contributed by atoms with Gasteiger partial charge in [-0.05, 0) is 12.0 Å². The molecular formula is C23H41O4P. The van der Waals surface area contributed by atoms with Crippen LogP contribution in [0.25, 0.3) is 0 Å². The summed E-state index contributed by atoms with van der Waals surface area (Å²) in [5, 5.41) is 0. The van der Waals surface area contributed by atoms with E-state index in [1.807, 2.05) is 30.3 Å². The van der Waals surface area contributed by atoms with Crippen LogP contribution in [0.15, 0.2) is 30.3 Å². The molecule has 0 bridgehead atoms. The predicted molar refractivity (Wildman–Crippen MR) is 117 cm³/mol. The Kier molecular flexibility index (Phi) is 14.6. The van der Waals surface area contributed by atoms with Crippen molar-refractivity contribution in [1.29, 1.82) is 0 Å². The van der Waals surface area contributed by atoms with Crippen LogP contribution in [0.3, 0.4) is 0 Å². The Balaban J connectivity index is 2.03. The normalized spacial score (nSPS) is 13.0. The van der Waals surface area contributed by atoms with E-state index in [1.165, 1.54) is 77.0 Å². The van der Waals surface area contributed by atoms with Crippen molar-refractivity contribution in [2.75, 3.05) is 0 Å². The minimum atomic E-state index is -4.48. The highest BCUT2D eigenvalue weighted by atomic mass is 31.2. The second-order valence-electron chi connectivity index (χ2n) is 7.88. The maximum absolute atomic E-state index is 11.2. The second-order valence-corrected chi connectivity index (χ2v) is 9.07. The Morgan fingerprint density at radius 3 is 1.61 bits per heavy atom. The fourth-order valence-corrected chi connectivity index (χ4v) is 4.20. The van der Waals surface area contributed by atoms with Gasteiger partial charge in [0.25, 0.3) is 0 Å². The van der Waals surface area contributed by atoms with Gasteiger partial charge in [0.15, 0.2) is 0 Å². The largest absolute Gasteiger partial charge is 0.470 e. The van der Waals surface area contributed by atoms with E-state index in [4.69, 9.17) is 14.3 Å². The molecule has 0 saturated heterocycles. The van der Waals surface area contributed by atoms with Gasteiger partial charge in [0.2, 0.25) is 0 Å². The number of rotatable bonds is 18. The van der Waals surface area contributed by atoms with E-state index in [-0.39, 0.29) is 0 Å². The van der Waals surface area contributed by atoms with Crippen LogP contribution in [-0.4, -0.2) is 9.79 Å². The predicted octanol–water partition coefficient (Wildman–Crippen LogP) is 7.71. The minimum absolute atomic E-state index is 0.528. The lowest BCUT2D eigenvalue weighted by molar-refractivity contribution is 0.125. The number of phosphoric acid groups is 1. The van der Waals surface area contributed by atoms with Crippen molar-refractivity contribution in [3.63, 3.8) is 0 Å². The number of benzene rings is 1. The van der Waals surface area contributed by atoms with Crippen molar-refractivity contribution in [1.82, 2.24) is 0 Å². The summed E-state index contributed by atoms with van der Waals surface area (Å²) in [5.41, 5.74) is 0.834. The monoisotopic (exact) mass is 412 g/mol. The molecule has 0 saturated carbocycles. The molecule has 0 aliphatic carbocycles. The van der Waals surface area contributed by atoms with Gasteiger partial charge in [-0.2, -0.15) is 0 Å². The van der Waals surface area contributed by atoms with Crippen molar-refractivity contribution >= 4 is 7.82 Å². The highest BCUT2D eigenvalue weighted by Gasteiger charge is 2.23. The molecular weight excluding hydrogens is 371 g/mol. The number of unbranched alkanes of at least 4 members (excludes halogenated alkanes) is 13. The Morgan fingerprint density at radius 2 is 1.18 bits per heavy atom. The minimum Gasteiger partial charge on any atom is -0.303 e. The van der Waals surface area contributed by atoms with Crippen molar-refractivity contribution in [2.45, 2.75) is 109 Å². The van der Waals surface area contributed by atoms with E-state index in [0.717, 1.165) is 18.4 Å². The molecule has 162 valence electrons. The molecule has 2 N–H and O–H groups in total. The number of hydrogen-bond acceptors (Lipinski definition) is 2. The van der Waals surface area contributed by atoms with Crippen LogP contribution in [-0.2, 0) is 9.09 Å². The zero-order chi connectivity index (χ0) is 20.5.